The van der Waals surface area contributed by atoms with Gasteiger partial charge in [-0.25, -0.2) is 0 Å². The molecule has 0 heterocycles. The smallest absolute Gasteiger partial charge is 0.221 e. The molecule has 0 saturated heterocycles. The van der Waals surface area contributed by atoms with Crippen molar-refractivity contribution in [1.29, 1.82) is 10.5 Å². The minimum atomic E-state index is -0.126. The lowest BCUT2D eigenvalue weighted by molar-refractivity contribution is -0.114. The summed E-state index contributed by atoms with van der Waals surface area (Å²) in [5.41, 5.74) is 2.64. The van der Waals surface area contributed by atoms with E-state index in [1.165, 1.54) is 6.92 Å². The van der Waals surface area contributed by atoms with E-state index in [1.54, 1.807) is 12.1 Å². The third-order valence-electron chi connectivity index (χ3n) is 2.63. The molecule has 102 valence electrons. The van der Waals surface area contributed by atoms with Crippen molar-refractivity contribution in [3.63, 3.8) is 0 Å². The summed E-state index contributed by atoms with van der Waals surface area (Å²) in [5, 5.41) is 20.4. The summed E-state index contributed by atoms with van der Waals surface area (Å²) in [6.45, 7) is 5.64. The molecule has 0 atom stereocenters. The van der Waals surface area contributed by atoms with Crippen LogP contribution >= 0.6 is 0 Å². The molecule has 0 saturated carbocycles. The highest BCUT2D eigenvalue weighted by Crippen LogP contribution is 2.21. The highest BCUT2D eigenvalue weighted by molar-refractivity contribution is 5.89. The largest absolute Gasteiger partial charge is 0.326 e. The molecule has 0 aliphatic heterocycles. The van der Waals surface area contributed by atoms with E-state index in [0.717, 1.165) is 23.2 Å². The van der Waals surface area contributed by atoms with Gasteiger partial charge in [0, 0.05) is 12.6 Å². The third-order valence-corrected chi connectivity index (χ3v) is 2.63. The monoisotopic (exact) mass is 267 g/mol. The molecule has 0 aliphatic carbocycles. The quantitative estimate of drug-likeness (QED) is 0.850. The average Bonchev–Trinajstić information content (AvgIpc) is 2.36. The highest BCUT2D eigenvalue weighted by Gasteiger charge is 2.07. The van der Waals surface area contributed by atoms with Crippen LogP contribution in [0.15, 0.2) is 23.8 Å². The molecule has 4 heteroatoms. The Hall–Kier alpha value is -2.59. The van der Waals surface area contributed by atoms with Crippen LogP contribution in [-0.4, -0.2) is 5.91 Å². The van der Waals surface area contributed by atoms with Gasteiger partial charge < -0.3 is 5.32 Å². The molecule has 0 fully saturated rings. The van der Waals surface area contributed by atoms with E-state index in [2.05, 4.69) is 19.2 Å². The topological polar surface area (TPSA) is 76.7 Å². The fourth-order valence-corrected chi connectivity index (χ4v) is 1.89. The van der Waals surface area contributed by atoms with Gasteiger partial charge in [-0.15, -0.1) is 0 Å². The maximum atomic E-state index is 11.1. The standard InChI is InChI=1S/C16H17N3O/c1-11(2)6-15-8-16(19-12(3)20)5-4-14(15)7-13(9-17)10-18/h4-5,7-8,11H,6H2,1-3H3,(H,19,20). The second-order valence-electron chi connectivity index (χ2n) is 4.97. The molecular weight excluding hydrogens is 250 g/mol. The van der Waals surface area contributed by atoms with Gasteiger partial charge in [0.1, 0.15) is 17.7 Å². The first-order valence-electron chi connectivity index (χ1n) is 6.38. The van der Waals surface area contributed by atoms with E-state index in [9.17, 15) is 4.79 Å². The van der Waals surface area contributed by atoms with Crippen LogP contribution in [0.1, 0.15) is 31.9 Å². The molecule has 1 rings (SSSR count). The number of nitrogens with zero attached hydrogens (tertiary/aromatic N) is 2. The summed E-state index contributed by atoms with van der Waals surface area (Å²) in [5.74, 6) is 0.306. The van der Waals surface area contributed by atoms with Crippen molar-refractivity contribution in [2.75, 3.05) is 5.32 Å². The number of nitrogens with one attached hydrogen (secondary N) is 1. The van der Waals surface area contributed by atoms with Crippen LogP contribution in [0.2, 0.25) is 0 Å². The number of amides is 1. The van der Waals surface area contributed by atoms with Crippen molar-refractivity contribution in [3.05, 3.63) is 34.9 Å². The van der Waals surface area contributed by atoms with Crippen molar-refractivity contribution in [2.45, 2.75) is 27.2 Å². The Balaban J connectivity index is 3.24. The van der Waals surface area contributed by atoms with Crippen LogP contribution < -0.4 is 5.32 Å². The first-order valence-corrected chi connectivity index (χ1v) is 6.38. The molecular formula is C16H17N3O. The van der Waals surface area contributed by atoms with Gasteiger partial charge in [-0.05, 0) is 41.7 Å². The van der Waals surface area contributed by atoms with Crippen LogP contribution in [0.4, 0.5) is 5.69 Å². The van der Waals surface area contributed by atoms with E-state index in [0.29, 0.717) is 5.92 Å². The van der Waals surface area contributed by atoms with Crippen LogP contribution in [-0.2, 0) is 11.2 Å². The molecule has 1 aromatic rings. The molecule has 0 radical (unpaired) electrons. The Kier molecular flexibility index (Phi) is 5.50. The maximum Gasteiger partial charge on any atom is 0.221 e. The third kappa shape index (κ3) is 4.59. The zero-order chi connectivity index (χ0) is 15.1. The molecule has 1 N–H and O–H groups in total. The fourth-order valence-electron chi connectivity index (χ4n) is 1.89. The minimum Gasteiger partial charge on any atom is -0.326 e. The first kappa shape index (κ1) is 15.5. The molecule has 0 unspecified atom stereocenters. The Morgan fingerprint density at radius 3 is 2.50 bits per heavy atom. The maximum absolute atomic E-state index is 11.1. The Bertz CT molecular complexity index is 600. The number of hydrogen-bond acceptors (Lipinski definition) is 3. The van der Waals surface area contributed by atoms with Crippen molar-refractivity contribution in [2.24, 2.45) is 5.92 Å². The zero-order valence-corrected chi connectivity index (χ0v) is 11.9. The molecule has 0 bridgehead atoms. The Morgan fingerprint density at radius 1 is 1.35 bits per heavy atom. The average molecular weight is 267 g/mol. The van der Waals surface area contributed by atoms with E-state index in [1.807, 2.05) is 24.3 Å². The molecule has 20 heavy (non-hydrogen) atoms. The molecule has 1 amide bonds. The number of rotatable bonds is 4. The van der Waals surface area contributed by atoms with Gasteiger partial charge in [0.05, 0.1) is 0 Å². The molecule has 0 aliphatic rings. The summed E-state index contributed by atoms with van der Waals surface area (Å²) in [4.78, 5) is 11.1. The first-order chi connectivity index (χ1) is 9.46. The van der Waals surface area contributed by atoms with E-state index in [-0.39, 0.29) is 11.5 Å². The van der Waals surface area contributed by atoms with Gasteiger partial charge in [-0.1, -0.05) is 19.9 Å². The second-order valence-corrected chi connectivity index (χ2v) is 4.97. The molecule has 4 nitrogen and oxygen atoms in total. The number of allylic oxidation sites excluding steroid dienone is 1. The summed E-state index contributed by atoms with van der Waals surface area (Å²) < 4.78 is 0. The SMILES string of the molecule is CC(=O)Nc1ccc(C=C(C#N)C#N)c(CC(C)C)c1. The van der Waals surface area contributed by atoms with Gasteiger partial charge >= 0.3 is 0 Å². The van der Waals surface area contributed by atoms with Crippen molar-refractivity contribution in [3.8, 4) is 12.1 Å². The number of nitriles is 2. The Morgan fingerprint density at radius 2 is 2.00 bits per heavy atom. The molecule has 1 aromatic carbocycles. The summed E-state index contributed by atoms with van der Waals surface area (Å²) in [7, 11) is 0. The lowest BCUT2D eigenvalue weighted by atomic mass is 9.96. The van der Waals surface area contributed by atoms with Crippen LogP contribution in [0.5, 0.6) is 0 Å². The fraction of sp³-hybridized carbons (Fsp3) is 0.312. The Labute approximate surface area is 119 Å². The van der Waals surface area contributed by atoms with Gasteiger partial charge in [-0.3, -0.25) is 4.79 Å². The predicted molar refractivity (Wildman–Crippen MR) is 78.5 cm³/mol. The second kappa shape index (κ2) is 7.11. The number of benzene rings is 1. The van der Waals surface area contributed by atoms with Gasteiger partial charge in [-0.2, -0.15) is 10.5 Å². The number of hydrogen-bond donors (Lipinski definition) is 1. The van der Waals surface area contributed by atoms with Crippen molar-refractivity contribution in [1.82, 2.24) is 0 Å². The van der Waals surface area contributed by atoms with Crippen LogP contribution in [0.25, 0.3) is 6.08 Å². The summed E-state index contributed by atoms with van der Waals surface area (Å²) in [6.07, 6.45) is 2.39. The van der Waals surface area contributed by atoms with E-state index < -0.39 is 0 Å². The lowest BCUT2D eigenvalue weighted by Crippen LogP contribution is -2.07. The van der Waals surface area contributed by atoms with Crippen molar-refractivity contribution >= 4 is 17.7 Å². The van der Waals surface area contributed by atoms with Gasteiger partial charge in [0.25, 0.3) is 0 Å². The number of carbonyl (C=O) groups is 1. The van der Waals surface area contributed by atoms with Gasteiger partial charge in [0.2, 0.25) is 5.91 Å². The summed E-state index contributed by atoms with van der Waals surface area (Å²) >= 11 is 0. The van der Waals surface area contributed by atoms with Crippen molar-refractivity contribution < 1.29 is 4.79 Å². The minimum absolute atomic E-state index is 0.0716. The van der Waals surface area contributed by atoms with E-state index >= 15 is 0 Å². The normalized spacial score (nSPS) is 9.50. The van der Waals surface area contributed by atoms with E-state index in [4.69, 9.17) is 10.5 Å². The van der Waals surface area contributed by atoms with Gasteiger partial charge in [0.15, 0.2) is 0 Å². The number of anilines is 1. The summed E-state index contributed by atoms with van der Waals surface area (Å²) in [6, 6.07) is 9.19. The predicted octanol–water partition coefficient (Wildman–Crippen LogP) is 3.27. The van der Waals surface area contributed by atoms with Crippen LogP contribution in [0.3, 0.4) is 0 Å². The molecule has 0 aromatic heterocycles. The van der Waals surface area contributed by atoms with Crippen LogP contribution in [0, 0.1) is 28.6 Å². The molecule has 0 spiro atoms. The lowest BCUT2D eigenvalue weighted by Gasteiger charge is -2.12. The number of carbonyl (C=O) groups excluding carboxylic acids is 1. The highest BCUT2D eigenvalue weighted by atomic mass is 16.1. The zero-order valence-electron chi connectivity index (χ0n) is 11.9.